The molecular weight excluding hydrogens is 470 g/mol. The monoisotopic (exact) mass is 498 g/mol. The predicted octanol–water partition coefficient (Wildman–Crippen LogP) is 3.38. The number of nitrogens with zero attached hydrogens (tertiary/aromatic N) is 3. The van der Waals surface area contributed by atoms with E-state index < -0.39 is 29.2 Å². The number of likely N-dealkylation sites (N-methyl/N-ethyl adjacent to an activating group) is 1. The Balaban J connectivity index is 1.57. The number of aryl methyl sites for hydroxylation is 1. The zero-order chi connectivity index (χ0) is 25.6. The van der Waals surface area contributed by atoms with Crippen LogP contribution in [0.2, 0.25) is 0 Å². The van der Waals surface area contributed by atoms with Crippen molar-refractivity contribution in [3.8, 4) is 11.3 Å². The van der Waals surface area contributed by atoms with E-state index in [0.29, 0.717) is 42.9 Å². The van der Waals surface area contributed by atoms with Gasteiger partial charge in [-0.3, -0.25) is 4.79 Å². The molecule has 2 aromatic heterocycles. The fourth-order valence-corrected chi connectivity index (χ4v) is 5.03. The predicted molar refractivity (Wildman–Crippen MR) is 128 cm³/mol. The van der Waals surface area contributed by atoms with Crippen molar-refractivity contribution in [1.82, 2.24) is 19.6 Å². The molecule has 2 amide bonds. The highest BCUT2D eigenvalue weighted by molar-refractivity contribution is 5.91. The molecule has 1 aromatic carbocycles. The largest absolute Gasteiger partial charge is 0.453 e. The van der Waals surface area contributed by atoms with E-state index >= 15 is 8.78 Å². The standard InChI is InChI=1S/C26H28F2N4O4/c1-15-4-7-32-20(13-17-14-31(8-9-36-17)25(34)35-3)23(30-21(32)10-15)22-18(27)11-16(12-19(22)28)26(5-6-26)24(33)29-2/h4,7,10-12,17H,5-6,8-9,13-14H2,1-3H3,(H,29,33). The lowest BCUT2D eigenvalue weighted by atomic mass is 9.92. The van der Waals surface area contributed by atoms with Crippen molar-refractivity contribution >= 4 is 17.6 Å². The lowest BCUT2D eigenvalue weighted by Crippen LogP contribution is -2.46. The number of methoxy groups -OCH3 is 1. The SMILES string of the molecule is CNC(=O)C1(c2cc(F)c(-c3nc4cc(C)ccn4c3CC3CN(C(=O)OC)CCO3)c(F)c2)CC1. The normalized spacial score (nSPS) is 18.8. The second-order valence-electron chi connectivity index (χ2n) is 9.43. The highest BCUT2D eigenvalue weighted by atomic mass is 19.1. The Kier molecular flexibility index (Phi) is 6.15. The number of amides is 2. The first-order valence-electron chi connectivity index (χ1n) is 11.9. The number of nitrogens with one attached hydrogen (secondary N) is 1. The van der Waals surface area contributed by atoms with E-state index in [4.69, 9.17) is 9.47 Å². The van der Waals surface area contributed by atoms with Gasteiger partial charge >= 0.3 is 6.09 Å². The molecule has 3 aromatic rings. The molecule has 1 saturated carbocycles. The Morgan fingerprint density at radius 1 is 1.25 bits per heavy atom. The average Bonchev–Trinajstić information content (AvgIpc) is 3.61. The Labute approximate surface area is 207 Å². The molecule has 36 heavy (non-hydrogen) atoms. The van der Waals surface area contributed by atoms with Gasteiger partial charge in [0.05, 0.1) is 48.7 Å². The number of pyridine rings is 1. The van der Waals surface area contributed by atoms with Crippen molar-refractivity contribution in [1.29, 1.82) is 0 Å². The molecule has 1 saturated heterocycles. The van der Waals surface area contributed by atoms with Gasteiger partial charge in [0.1, 0.15) is 17.3 Å². The second kappa shape index (κ2) is 9.16. The van der Waals surface area contributed by atoms with Crippen LogP contribution >= 0.6 is 0 Å². The molecule has 3 heterocycles. The Bertz CT molecular complexity index is 1330. The van der Waals surface area contributed by atoms with Gasteiger partial charge in [-0.05, 0) is 55.2 Å². The van der Waals surface area contributed by atoms with Gasteiger partial charge in [0.25, 0.3) is 0 Å². The molecule has 0 bridgehead atoms. The van der Waals surface area contributed by atoms with E-state index in [1.807, 2.05) is 25.3 Å². The number of benzene rings is 1. The molecular formula is C26H28F2N4O4. The summed E-state index contributed by atoms with van der Waals surface area (Å²) in [5, 5.41) is 2.59. The maximum atomic E-state index is 15.6. The van der Waals surface area contributed by atoms with Crippen LogP contribution < -0.4 is 5.32 Å². The van der Waals surface area contributed by atoms with Gasteiger partial charge in [0.15, 0.2) is 0 Å². The smallest absolute Gasteiger partial charge is 0.409 e. The molecule has 1 aliphatic carbocycles. The summed E-state index contributed by atoms with van der Waals surface area (Å²) in [7, 11) is 2.84. The minimum absolute atomic E-state index is 0.172. The number of hydrogen-bond acceptors (Lipinski definition) is 5. The quantitative estimate of drug-likeness (QED) is 0.583. The summed E-state index contributed by atoms with van der Waals surface area (Å²) in [6.45, 7) is 2.92. The minimum atomic E-state index is -0.888. The molecule has 5 rings (SSSR count). The van der Waals surface area contributed by atoms with Crippen molar-refractivity contribution in [3.63, 3.8) is 0 Å². The third kappa shape index (κ3) is 4.09. The van der Waals surface area contributed by atoms with E-state index in [-0.39, 0.29) is 30.1 Å². The van der Waals surface area contributed by atoms with Gasteiger partial charge < -0.3 is 24.1 Å². The van der Waals surface area contributed by atoms with E-state index in [1.165, 1.54) is 26.3 Å². The molecule has 8 nitrogen and oxygen atoms in total. The molecule has 190 valence electrons. The van der Waals surface area contributed by atoms with Crippen molar-refractivity contribution in [2.24, 2.45) is 0 Å². The zero-order valence-corrected chi connectivity index (χ0v) is 20.4. The number of aromatic nitrogens is 2. The molecule has 0 spiro atoms. The van der Waals surface area contributed by atoms with Crippen LogP contribution in [-0.4, -0.2) is 66.2 Å². The Hall–Kier alpha value is -3.53. The lowest BCUT2D eigenvalue weighted by Gasteiger charge is -2.32. The van der Waals surface area contributed by atoms with Crippen LogP contribution in [0.25, 0.3) is 16.9 Å². The van der Waals surface area contributed by atoms with Crippen LogP contribution in [-0.2, 0) is 26.1 Å². The number of carbonyl (C=O) groups excluding carboxylic acids is 2. The molecule has 2 aliphatic rings. The molecule has 2 fully saturated rings. The van der Waals surface area contributed by atoms with Crippen LogP contribution in [0.15, 0.2) is 30.5 Å². The first kappa shape index (κ1) is 24.2. The summed E-state index contributed by atoms with van der Waals surface area (Å²) in [6.07, 6.45) is 2.31. The zero-order valence-electron chi connectivity index (χ0n) is 20.4. The lowest BCUT2D eigenvalue weighted by molar-refractivity contribution is -0.123. The molecule has 1 N–H and O–H groups in total. The van der Waals surface area contributed by atoms with E-state index in [0.717, 1.165) is 5.56 Å². The van der Waals surface area contributed by atoms with Crippen molar-refractivity contribution in [2.75, 3.05) is 33.9 Å². The van der Waals surface area contributed by atoms with Gasteiger partial charge in [-0.1, -0.05) is 0 Å². The molecule has 0 radical (unpaired) electrons. The fourth-order valence-electron chi connectivity index (χ4n) is 5.03. The second-order valence-corrected chi connectivity index (χ2v) is 9.43. The van der Waals surface area contributed by atoms with Gasteiger partial charge in [0.2, 0.25) is 5.91 Å². The van der Waals surface area contributed by atoms with Crippen LogP contribution in [0.5, 0.6) is 0 Å². The first-order valence-corrected chi connectivity index (χ1v) is 11.9. The third-order valence-corrected chi connectivity index (χ3v) is 7.12. The van der Waals surface area contributed by atoms with E-state index in [2.05, 4.69) is 10.3 Å². The summed E-state index contributed by atoms with van der Waals surface area (Å²) in [5.74, 6) is -1.80. The van der Waals surface area contributed by atoms with Gasteiger partial charge in [-0.2, -0.15) is 0 Å². The van der Waals surface area contributed by atoms with Gasteiger partial charge in [-0.15, -0.1) is 0 Å². The van der Waals surface area contributed by atoms with Crippen LogP contribution in [0.4, 0.5) is 13.6 Å². The summed E-state index contributed by atoms with van der Waals surface area (Å²) < 4.78 is 43.7. The highest BCUT2D eigenvalue weighted by Gasteiger charge is 2.51. The minimum Gasteiger partial charge on any atom is -0.453 e. The third-order valence-electron chi connectivity index (χ3n) is 7.12. The molecule has 1 atom stereocenters. The number of imidazole rings is 1. The summed E-state index contributed by atoms with van der Waals surface area (Å²) in [5.41, 5.74) is 1.43. The highest BCUT2D eigenvalue weighted by Crippen LogP contribution is 2.49. The number of morpholine rings is 1. The summed E-state index contributed by atoms with van der Waals surface area (Å²) >= 11 is 0. The van der Waals surface area contributed by atoms with Crippen molar-refractivity contribution in [2.45, 2.75) is 37.7 Å². The van der Waals surface area contributed by atoms with Crippen LogP contribution in [0.1, 0.15) is 29.7 Å². The Morgan fingerprint density at radius 2 is 1.97 bits per heavy atom. The number of ether oxygens (including phenoxy) is 2. The summed E-state index contributed by atoms with van der Waals surface area (Å²) in [4.78, 5) is 30.6. The number of fused-ring (bicyclic) bond motifs is 1. The topological polar surface area (TPSA) is 85.2 Å². The molecule has 1 aliphatic heterocycles. The molecule has 10 heteroatoms. The number of carbonyl (C=O) groups is 2. The average molecular weight is 499 g/mol. The van der Waals surface area contributed by atoms with E-state index in [1.54, 1.807) is 9.30 Å². The van der Waals surface area contributed by atoms with E-state index in [9.17, 15) is 9.59 Å². The van der Waals surface area contributed by atoms with Crippen molar-refractivity contribution < 1.29 is 27.8 Å². The number of rotatable bonds is 5. The van der Waals surface area contributed by atoms with Crippen molar-refractivity contribution in [3.05, 3.63) is 58.9 Å². The van der Waals surface area contributed by atoms with Gasteiger partial charge in [0, 0.05) is 26.2 Å². The summed E-state index contributed by atoms with van der Waals surface area (Å²) in [6, 6.07) is 6.22. The van der Waals surface area contributed by atoms with Gasteiger partial charge in [-0.25, -0.2) is 18.6 Å². The first-order chi connectivity index (χ1) is 17.3. The number of hydrogen-bond donors (Lipinski definition) is 1. The maximum absolute atomic E-state index is 15.6. The Morgan fingerprint density at radius 3 is 2.61 bits per heavy atom. The van der Waals surface area contributed by atoms with Crippen LogP contribution in [0.3, 0.4) is 0 Å². The molecule has 1 unspecified atom stereocenters. The maximum Gasteiger partial charge on any atom is 0.409 e. The number of halogens is 2. The fraction of sp³-hybridized carbons (Fsp3) is 0.423. The van der Waals surface area contributed by atoms with Crippen LogP contribution in [0, 0.1) is 18.6 Å².